The van der Waals surface area contributed by atoms with Crippen molar-refractivity contribution < 1.29 is 40.6 Å². The van der Waals surface area contributed by atoms with Gasteiger partial charge in [0, 0.05) is 14.2 Å². The molecule has 0 atom stereocenters. The first kappa shape index (κ1) is 33.1. The second-order valence-electron chi connectivity index (χ2n) is 4.08. The highest BCUT2D eigenvalue weighted by Gasteiger charge is 2.33. The van der Waals surface area contributed by atoms with Crippen molar-refractivity contribution in [1.82, 2.24) is 0 Å². The number of halogens is 6. The molecule has 0 radical (unpaired) electrons. The highest BCUT2D eigenvalue weighted by Crippen LogP contribution is 2.28. The van der Waals surface area contributed by atoms with Crippen LogP contribution in [0.5, 0.6) is 11.5 Å². The van der Waals surface area contributed by atoms with E-state index in [0.29, 0.717) is 14.1 Å². The fourth-order valence-electron chi connectivity index (χ4n) is 0.819. The summed E-state index contributed by atoms with van der Waals surface area (Å²) in [5.41, 5.74) is -1.83. The minimum atomic E-state index is -4.89. The Hall–Kier alpha value is -1.55. The van der Waals surface area contributed by atoms with Gasteiger partial charge in [0.05, 0.1) is 27.0 Å². The Bertz CT molecular complexity index is 422. The van der Waals surface area contributed by atoms with Gasteiger partial charge in [0.25, 0.3) is 6.08 Å². The van der Waals surface area contributed by atoms with E-state index in [4.69, 9.17) is 9.47 Å². The Labute approximate surface area is 161 Å². The van der Waals surface area contributed by atoms with Crippen molar-refractivity contribution in [3.05, 3.63) is 35.9 Å². The molecule has 0 N–H and O–H groups in total. The molecule has 10 heteroatoms. The number of ether oxygens (including phenoxy) is 3. The summed E-state index contributed by atoms with van der Waals surface area (Å²) in [5.74, 6) is 1.70. The minimum Gasteiger partial charge on any atom is -0.497 e. The summed E-state index contributed by atoms with van der Waals surface area (Å²) in [4.78, 5) is 0. The second kappa shape index (κ2) is 22.5. The molecular formula is C17H28F6O3S. The smallest absolute Gasteiger partial charge is 0.417 e. The van der Waals surface area contributed by atoms with Crippen molar-refractivity contribution in [2.75, 3.05) is 48.1 Å². The van der Waals surface area contributed by atoms with Gasteiger partial charge in [-0.3, -0.25) is 4.39 Å². The molecule has 0 bridgehead atoms. The lowest BCUT2D eigenvalue weighted by atomic mass is 10.3. The third-order valence-electron chi connectivity index (χ3n) is 2.00. The topological polar surface area (TPSA) is 27.7 Å². The van der Waals surface area contributed by atoms with Gasteiger partial charge in [-0.2, -0.15) is 33.7 Å². The second-order valence-corrected chi connectivity index (χ2v) is 4.90. The monoisotopic (exact) mass is 426 g/mol. The van der Waals surface area contributed by atoms with Crippen LogP contribution in [0, 0.1) is 0 Å². The Morgan fingerprint density at radius 2 is 1.04 bits per heavy atom. The minimum absolute atomic E-state index is 0.329. The molecule has 1 aromatic carbocycles. The predicted octanol–water partition coefficient (Wildman–Crippen LogP) is 6.25. The van der Waals surface area contributed by atoms with Crippen LogP contribution in [0.4, 0.5) is 26.3 Å². The summed E-state index contributed by atoms with van der Waals surface area (Å²) in [6.07, 6.45) is -3.48. The lowest BCUT2D eigenvalue weighted by Crippen LogP contribution is -2.09. The number of allylic oxidation sites excluding steroid dienone is 1. The molecule has 0 aliphatic rings. The first-order valence-corrected chi connectivity index (χ1v) is 8.63. The van der Waals surface area contributed by atoms with E-state index in [-0.39, 0.29) is 0 Å². The van der Waals surface area contributed by atoms with Gasteiger partial charge in [-0.15, -0.1) is 0 Å². The fraction of sp³-hybridized carbons (Fsp3) is 0.529. The maximum Gasteiger partial charge on any atom is 0.417 e. The summed E-state index contributed by atoms with van der Waals surface area (Å²) in [5, 5.41) is 0. The van der Waals surface area contributed by atoms with Crippen molar-refractivity contribution in [1.29, 1.82) is 0 Å². The van der Waals surface area contributed by atoms with Crippen molar-refractivity contribution in [2.45, 2.75) is 13.1 Å². The number of rotatable bonds is 2. The Balaban J connectivity index is -0.000000143. The van der Waals surface area contributed by atoms with Crippen LogP contribution in [-0.2, 0) is 4.74 Å². The summed E-state index contributed by atoms with van der Waals surface area (Å²) < 4.78 is 79.3. The SMILES string of the molecule is CC(=C(F)F)C(F)(F)F.CF.COC.COc1ccc(OC)cc1.CSC. The average Bonchev–Trinajstić information content (AvgIpc) is 2.64. The Morgan fingerprint density at radius 1 is 0.815 bits per heavy atom. The Morgan fingerprint density at radius 3 is 1.11 bits per heavy atom. The number of benzene rings is 1. The molecule has 0 aliphatic heterocycles. The Kier molecular flexibility index (Phi) is 27.5. The highest BCUT2D eigenvalue weighted by molar-refractivity contribution is 7.97. The van der Waals surface area contributed by atoms with Crippen LogP contribution in [-0.4, -0.2) is 54.3 Å². The van der Waals surface area contributed by atoms with Gasteiger partial charge in [0.15, 0.2) is 0 Å². The molecule has 27 heavy (non-hydrogen) atoms. The van der Waals surface area contributed by atoms with Crippen LogP contribution < -0.4 is 9.47 Å². The van der Waals surface area contributed by atoms with Crippen molar-refractivity contribution in [2.24, 2.45) is 0 Å². The molecule has 0 aromatic heterocycles. The van der Waals surface area contributed by atoms with Gasteiger partial charge in [-0.05, 0) is 43.7 Å². The largest absolute Gasteiger partial charge is 0.497 e. The lowest BCUT2D eigenvalue weighted by molar-refractivity contribution is -0.0947. The maximum absolute atomic E-state index is 11.2. The highest BCUT2D eigenvalue weighted by atomic mass is 32.2. The molecule has 0 unspecified atom stereocenters. The van der Waals surface area contributed by atoms with Crippen LogP contribution in [0.15, 0.2) is 35.9 Å². The van der Waals surface area contributed by atoms with Gasteiger partial charge >= 0.3 is 6.18 Å². The number of hydrogen-bond acceptors (Lipinski definition) is 4. The molecular weight excluding hydrogens is 398 g/mol. The summed E-state index contributed by atoms with van der Waals surface area (Å²) in [7, 11) is 7.03. The van der Waals surface area contributed by atoms with E-state index in [0.717, 1.165) is 11.5 Å². The van der Waals surface area contributed by atoms with Crippen LogP contribution in [0.2, 0.25) is 0 Å². The van der Waals surface area contributed by atoms with Crippen LogP contribution in [0.1, 0.15) is 6.92 Å². The van der Waals surface area contributed by atoms with Crippen LogP contribution >= 0.6 is 11.8 Å². The first-order chi connectivity index (χ1) is 12.5. The third kappa shape index (κ3) is 24.4. The molecule has 0 saturated heterocycles. The molecule has 0 saturated carbocycles. The zero-order valence-corrected chi connectivity index (χ0v) is 17.5. The van der Waals surface area contributed by atoms with Crippen molar-refractivity contribution >= 4 is 11.8 Å². The quantitative estimate of drug-likeness (QED) is 0.523. The van der Waals surface area contributed by atoms with Gasteiger partial charge in [0.1, 0.15) is 11.5 Å². The summed E-state index contributed by atoms with van der Waals surface area (Å²) in [6, 6.07) is 7.44. The standard InChI is InChI=1S/C8H10O2.C4H3F5.C2H6O.C2H6S.CH3F/c1-9-7-3-5-8(10-2)6-4-7;1-2(3(5)6)4(7,8)9;2*1-3-2;1-2/h3-6H,1-2H3;1H3;2*1-2H3;1H3. The first-order valence-electron chi connectivity index (χ1n) is 7.00. The molecule has 0 aliphatic carbocycles. The predicted molar refractivity (Wildman–Crippen MR) is 99.9 cm³/mol. The number of hydrogen-bond donors (Lipinski definition) is 0. The lowest BCUT2D eigenvalue weighted by Gasteiger charge is -2.02. The van der Waals surface area contributed by atoms with E-state index in [1.165, 1.54) is 0 Å². The maximum atomic E-state index is 11.2. The molecule has 0 amide bonds. The van der Waals surface area contributed by atoms with E-state index in [1.54, 1.807) is 40.2 Å². The van der Waals surface area contributed by atoms with E-state index in [1.807, 2.05) is 36.8 Å². The molecule has 3 nitrogen and oxygen atoms in total. The summed E-state index contributed by atoms with van der Waals surface area (Å²) >= 11 is 1.75. The van der Waals surface area contributed by atoms with Crippen molar-refractivity contribution in [3.8, 4) is 11.5 Å². The van der Waals surface area contributed by atoms with E-state index >= 15 is 0 Å². The number of alkyl halides is 4. The fourth-order valence-corrected chi connectivity index (χ4v) is 0.819. The van der Waals surface area contributed by atoms with E-state index in [9.17, 15) is 26.3 Å². The van der Waals surface area contributed by atoms with E-state index in [2.05, 4.69) is 4.74 Å². The number of methoxy groups -OCH3 is 3. The van der Waals surface area contributed by atoms with Gasteiger partial charge < -0.3 is 14.2 Å². The van der Waals surface area contributed by atoms with Crippen LogP contribution in [0.3, 0.4) is 0 Å². The normalized spacial score (nSPS) is 8.67. The molecule has 1 aromatic rings. The third-order valence-corrected chi connectivity index (χ3v) is 2.00. The zero-order chi connectivity index (χ0) is 22.5. The van der Waals surface area contributed by atoms with Crippen molar-refractivity contribution in [3.63, 3.8) is 0 Å². The number of thioether (sulfide) groups is 1. The molecule has 162 valence electrons. The van der Waals surface area contributed by atoms with E-state index < -0.39 is 17.8 Å². The molecule has 0 spiro atoms. The average molecular weight is 426 g/mol. The summed E-state index contributed by atoms with van der Waals surface area (Å²) in [6.45, 7) is 0.329. The molecule has 0 fully saturated rings. The van der Waals surface area contributed by atoms with Gasteiger partial charge in [-0.1, -0.05) is 0 Å². The van der Waals surface area contributed by atoms with Gasteiger partial charge in [0.2, 0.25) is 0 Å². The molecule has 0 heterocycles. The van der Waals surface area contributed by atoms with Gasteiger partial charge in [-0.25, -0.2) is 0 Å². The van der Waals surface area contributed by atoms with Crippen LogP contribution in [0.25, 0.3) is 0 Å². The molecule has 1 rings (SSSR count). The zero-order valence-electron chi connectivity index (χ0n) is 16.7.